The summed E-state index contributed by atoms with van der Waals surface area (Å²) in [5, 5.41) is 3.27. The van der Waals surface area contributed by atoms with Gasteiger partial charge >= 0.3 is 0 Å². The van der Waals surface area contributed by atoms with E-state index in [4.69, 9.17) is 10.7 Å². The first kappa shape index (κ1) is 27.4. The summed E-state index contributed by atoms with van der Waals surface area (Å²) in [5.74, 6) is 0.148. The first-order valence-corrected chi connectivity index (χ1v) is 13.5. The van der Waals surface area contributed by atoms with Crippen molar-refractivity contribution in [2.24, 2.45) is 10.7 Å². The Morgan fingerprint density at radius 2 is 1.50 bits per heavy atom. The number of guanidine groups is 1. The molecule has 3 N–H and O–H groups in total. The molecule has 0 aliphatic carbocycles. The Hall–Kier alpha value is -3.15. The second kappa shape index (κ2) is 13.8. The molecule has 0 bridgehead atoms. The van der Waals surface area contributed by atoms with E-state index < -0.39 is 5.54 Å². The minimum atomic E-state index is -0.644. The molecule has 1 aliphatic heterocycles. The molecule has 36 heavy (non-hydrogen) atoms. The number of aliphatic imine (C=N–C) groups is 1. The summed E-state index contributed by atoms with van der Waals surface area (Å²) in [5.41, 5.74) is 7.67. The summed E-state index contributed by atoms with van der Waals surface area (Å²) in [6, 6.07) is 20.0. The van der Waals surface area contributed by atoms with Gasteiger partial charge in [0.15, 0.2) is 5.96 Å². The number of aldehydes is 1. The van der Waals surface area contributed by atoms with Crippen LogP contribution in [-0.4, -0.2) is 47.7 Å². The molecule has 0 radical (unpaired) electrons. The predicted molar refractivity (Wildman–Crippen MR) is 147 cm³/mol. The maximum absolute atomic E-state index is 13.7. The zero-order valence-corrected chi connectivity index (χ0v) is 21.9. The number of likely N-dealkylation sites (tertiary alicyclic amines) is 1. The minimum absolute atomic E-state index is 0.0372. The van der Waals surface area contributed by atoms with E-state index in [1.54, 1.807) is 0 Å². The lowest BCUT2D eigenvalue weighted by Crippen LogP contribution is -2.53. The fourth-order valence-electron chi connectivity index (χ4n) is 5.03. The summed E-state index contributed by atoms with van der Waals surface area (Å²) in [6.07, 6.45) is 8.04. The number of benzene rings is 2. The molecule has 1 fully saturated rings. The molecule has 0 spiro atoms. The quantitative estimate of drug-likeness (QED) is 0.248. The third-order valence-electron chi connectivity index (χ3n) is 7.17. The number of hydrogen-bond acceptors (Lipinski definition) is 3. The van der Waals surface area contributed by atoms with Crippen LogP contribution in [0, 0.1) is 0 Å². The third kappa shape index (κ3) is 7.42. The molecule has 6 nitrogen and oxygen atoms in total. The van der Waals surface area contributed by atoms with Crippen LogP contribution in [0.25, 0.3) is 0 Å². The molecule has 0 aromatic heterocycles. The normalized spacial score (nSPS) is 15.2. The van der Waals surface area contributed by atoms with Gasteiger partial charge in [-0.25, -0.2) is 4.99 Å². The zero-order valence-electron chi connectivity index (χ0n) is 21.9. The number of rotatable bonds is 12. The summed E-state index contributed by atoms with van der Waals surface area (Å²) >= 11 is 0. The number of piperidine rings is 1. The highest BCUT2D eigenvalue weighted by Gasteiger charge is 2.32. The standard InChI is InChI=1S/C30H42N4O2/c1-3-5-19-30(23-35,20-6-4-2)33-29(31)32-26-17-21-34(22-18-26)28(36)27(24-13-9-7-10-14-24)25-15-11-8-12-16-25/h7-16,23,26-27H,3-6,17-22H2,1-2H3,(H3,31,32,33). The predicted octanol–water partition coefficient (Wildman–Crippen LogP) is 5.03. The second-order valence-electron chi connectivity index (χ2n) is 9.93. The molecular formula is C30H42N4O2. The van der Waals surface area contributed by atoms with Crippen LogP contribution in [0.5, 0.6) is 0 Å². The average Bonchev–Trinajstić information content (AvgIpc) is 2.92. The van der Waals surface area contributed by atoms with Crippen molar-refractivity contribution in [3.63, 3.8) is 0 Å². The smallest absolute Gasteiger partial charge is 0.234 e. The molecule has 1 heterocycles. The lowest BCUT2D eigenvalue weighted by atomic mass is 9.88. The molecule has 6 heteroatoms. The summed E-state index contributed by atoms with van der Waals surface area (Å²) in [6.45, 7) is 5.53. The molecule has 1 aliphatic rings. The number of nitrogens with zero attached hydrogens (tertiary/aromatic N) is 2. The van der Waals surface area contributed by atoms with Gasteiger partial charge in [-0.2, -0.15) is 0 Å². The van der Waals surface area contributed by atoms with Gasteiger partial charge in [-0.1, -0.05) is 100 Å². The lowest BCUT2D eigenvalue weighted by molar-refractivity contribution is -0.132. The Morgan fingerprint density at radius 3 is 1.94 bits per heavy atom. The van der Waals surface area contributed by atoms with Gasteiger partial charge < -0.3 is 20.7 Å². The van der Waals surface area contributed by atoms with Gasteiger partial charge in [0, 0.05) is 13.1 Å². The average molecular weight is 491 g/mol. The molecule has 0 saturated carbocycles. The maximum Gasteiger partial charge on any atom is 0.234 e. The minimum Gasteiger partial charge on any atom is -0.370 e. The van der Waals surface area contributed by atoms with Crippen LogP contribution >= 0.6 is 0 Å². The molecule has 2 aromatic rings. The number of nitrogens with two attached hydrogens (primary N) is 1. The fourth-order valence-corrected chi connectivity index (χ4v) is 5.03. The zero-order chi connectivity index (χ0) is 25.8. The molecule has 1 saturated heterocycles. The van der Waals surface area contributed by atoms with Crippen molar-refractivity contribution in [2.75, 3.05) is 13.1 Å². The van der Waals surface area contributed by atoms with E-state index in [1.165, 1.54) is 0 Å². The van der Waals surface area contributed by atoms with Crippen LogP contribution in [0.3, 0.4) is 0 Å². The van der Waals surface area contributed by atoms with Gasteiger partial charge in [-0.05, 0) is 36.8 Å². The Bertz CT molecular complexity index is 921. The van der Waals surface area contributed by atoms with Gasteiger partial charge in [-0.15, -0.1) is 0 Å². The van der Waals surface area contributed by atoms with Crippen LogP contribution in [0.2, 0.25) is 0 Å². The van der Waals surface area contributed by atoms with Gasteiger partial charge in [0.1, 0.15) is 6.29 Å². The number of hydrogen-bond donors (Lipinski definition) is 2. The van der Waals surface area contributed by atoms with Crippen LogP contribution in [-0.2, 0) is 9.59 Å². The van der Waals surface area contributed by atoms with Crippen molar-refractivity contribution in [1.82, 2.24) is 10.2 Å². The van der Waals surface area contributed by atoms with Crippen molar-refractivity contribution in [1.29, 1.82) is 0 Å². The Morgan fingerprint density at radius 1 is 1.00 bits per heavy atom. The number of nitrogens with one attached hydrogen (secondary N) is 1. The van der Waals surface area contributed by atoms with E-state index >= 15 is 0 Å². The summed E-state index contributed by atoms with van der Waals surface area (Å²) in [4.78, 5) is 32.4. The van der Waals surface area contributed by atoms with E-state index in [1.807, 2.05) is 65.6 Å². The highest BCUT2D eigenvalue weighted by atomic mass is 16.2. The second-order valence-corrected chi connectivity index (χ2v) is 9.93. The summed E-state index contributed by atoms with van der Waals surface area (Å²) in [7, 11) is 0. The SMILES string of the molecule is CCCCC(C=O)(CCCC)NC(N)=NC1CCN(C(=O)C(c2ccccc2)c2ccccc2)CC1. The highest BCUT2D eigenvalue weighted by molar-refractivity contribution is 5.87. The number of carbonyl (C=O) groups excluding carboxylic acids is 2. The van der Waals surface area contributed by atoms with Crippen molar-refractivity contribution >= 4 is 18.2 Å². The molecular weight excluding hydrogens is 448 g/mol. The first-order chi connectivity index (χ1) is 17.5. The maximum atomic E-state index is 13.7. The Labute approximate surface area is 216 Å². The van der Waals surface area contributed by atoms with E-state index in [-0.39, 0.29) is 17.9 Å². The van der Waals surface area contributed by atoms with Crippen LogP contribution in [0.1, 0.15) is 82.3 Å². The summed E-state index contributed by atoms with van der Waals surface area (Å²) < 4.78 is 0. The van der Waals surface area contributed by atoms with Gasteiger partial charge in [0.2, 0.25) is 5.91 Å². The van der Waals surface area contributed by atoms with Gasteiger partial charge in [0.25, 0.3) is 0 Å². The van der Waals surface area contributed by atoms with E-state index in [0.29, 0.717) is 19.0 Å². The third-order valence-corrected chi connectivity index (χ3v) is 7.17. The first-order valence-electron chi connectivity index (χ1n) is 13.5. The van der Waals surface area contributed by atoms with Crippen LogP contribution in [0.4, 0.5) is 0 Å². The molecule has 194 valence electrons. The van der Waals surface area contributed by atoms with Crippen molar-refractivity contribution < 1.29 is 9.59 Å². The van der Waals surface area contributed by atoms with Gasteiger partial charge in [0.05, 0.1) is 17.5 Å². The van der Waals surface area contributed by atoms with Crippen molar-refractivity contribution in [3.8, 4) is 0 Å². The largest absolute Gasteiger partial charge is 0.370 e. The lowest BCUT2D eigenvalue weighted by Gasteiger charge is -2.34. The Balaban J connectivity index is 1.66. The van der Waals surface area contributed by atoms with Crippen molar-refractivity contribution in [2.45, 2.75) is 82.7 Å². The number of unbranched alkanes of at least 4 members (excludes halogenated alkanes) is 2. The molecule has 1 amide bonds. The molecule has 0 atom stereocenters. The van der Waals surface area contributed by atoms with E-state index in [0.717, 1.165) is 68.8 Å². The fraction of sp³-hybridized carbons (Fsp3) is 0.500. The highest BCUT2D eigenvalue weighted by Crippen LogP contribution is 2.28. The Kier molecular flexibility index (Phi) is 10.5. The van der Waals surface area contributed by atoms with Crippen LogP contribution in [0.15, 0.2) is 65.7 Å². The monoisotopic (exact) mass is 490 g/mol. The van der Waals surface area contributed by atoms with Crippen LogP contribution < -0.4 is 11.1 Å². The molecule has 0 unspecified atom stereocenters. The van der Waals surface area contributed by atoms with Crippen molar-refractivity contribution in [3.05, 3.63) is 71.8 Å². The number of amides is 1. The van der Waals surface area contributed by atoms with E-state index in [9.17, 15) is 9.59 Å². The van der Waals surface area contributed by atoms with Gasteiger partial charge in [-0.3, -0.25) is 4.79 Å². The molecule has 3 rings (SSSR count). The topological polar surface area (TPSA) is 87.8 Å². The van der Waals surface area contributed by atoms with E-state index in [2.05, 4.69) is 19.2 Å². The number of carbonyl (C=O) groups is 2. The molecule has 2 aromatic carbocycles.